The molecule has 26 heavy (non-hydrogen) atoms. The van der Waals surface area contributed by atoms with Crippen molar-refractivity contribution in [1.29, 1.82) is 0 Å². The van der Waals surface area contributed by atoms with E-state index in [1.165, 1.54) is 0 Å². The Labute approximate surface area is 163 Å². The van der Waals surface area contributed by atoms with E-state index in [-0.39, 0.29) is 18.3 Å². The third kappa shape index (κ3) is 3.82. The molecule has 1 amide bonds. The molecule has 1 fully saturated rings. The quantitative estimate of drug-likeness (QED) is 0.747. The number of para-hydroxylation sites is 1. The number of halogens is 1. The smallest absolute Gasteiger partial charge is 0.257 e. The summed E-state index contributed by atoms with van der Waals surface area (Å²) >= 11 is 1.61. The summed E-state index contributed by atoms with van der Waals surface area (Å²) in [5.74, 6) is 0.0641. The van der Waals surface area contributed by atoms with Gasteiger partial charge in [0.15, 0.2) is 0 Å². The lowest BCUT2D eigenvalue weighted by atomic mass is 10.2. The van der Waals surface area contributed by atoms with Gasteiger partial charge in [-0.3, -0.25) is 4.79 Å². The van der Waals surface area contributed by atoms with E-state index in [9.17, 15) is 4.79 Å². The van der Waals surface area contributed by atoms with Crippen LogP contribution in [0.3, 0.4) is 0 Å². The molecule has 5 nitrogen and oxygen atoms in total. The molecular formula is C19H21ClN4OS. The van der Waals surface area contributed by atoms with Gasteiger partial charge in [-0.25, -0.2) is 4.68 Å². The first-order valence-corrected chi connectivity index (χ1v) is 9.40. The van der Waals surface area contributed by atoms with Gasteiger partial charge in [-0.1, -0.05) is 24.3 Å². The Morgan fingerprint density at radius 3 is 2.69 bits per heavy atom. The van der Waals surface area contributed by atoms with Crippen LogP contribution in [0.5, 0.6) is 0 Å². The van der Waals surface area contributed by atoms with Gasteiger partial charge in [-0.05, 0) is 36.5 Å². The predicted octanol–water partition coefficient (Wildman–Crippen LogP) is 3.46. The number of hydrogen-bond donors (Lipinski definition) is 1. The first-order chi connectivity index (χ1) is 12.3. The highest BCUT2D eigenvalue weighted by Gasteiger charge is 2.24. The highest BCUT2D eigenvalue weighted by atomic mass is 35.5. The molecule has 3 aromatic rings. The van der Waals surface area contributed by atoms with E-state index < -0.39 is 0 Å². The van der Waals surface area contributed by atoms with Crippen LogP contribution in [0.4, 0.5) is 0 Å². The minimum Gasteiger partial charge on any atom is -0.337 e. The van der Waals surface area contributed by atoms with Crippen molar-refractivity contribution in [2.24, 2.45) is 0 Å². The standard InChI is InChI=1S/C19H20N4OS.ClH/c24-19(22-11-5-9-20-10-12-22)16-14-23(15-6-2-1-3-7-15)21-18(16)17-8-4-13-25-17;/h1-4,6-8,13-14,20H,5,9-12H2;1H. The molecule has 1 aromatic carbocycles. The number of nitrogens with zero attached hydrogens (tertiary/aromatic N) is 3. The number of amides is 1. The van der Waals surface area contributed by atoms with Crippen molar-refractivity contribution in [1.82, 2.24) is 20.0 Å². The average molecular weight is 389 g/mol. The Balaban J connectivity index is 0.00000196. The molecule has 1 saturated heterocycles. The highest BCUT2D eigenvalue weighted by molar-refractivity contribution is 7.13. The topological polar surface area (TPSA) is 50.2 Å². The van der Waals surface area contributed by atoms with Gasteiger partial charge in [-0.15, -0.1) is 23.7 Å². The van der Waals surface area contributed by atoms with E-state index in [1.807, 2.05) is 58.9 Å². The van der Waals surface area contributed by atoms with Crippen LogP contribution in [-0.4, -0.2) is 46.8 Å². The molecule has 7 heteroatoms. The third-order valence-corrected chi connectivity index (χ3v) is 5.22. The maximum Gasteiger partial charge on any atom is 0.257 e. The number of rotatable bonds is 3. The molecule has 136 valence electrons. The number of nitrogens with one attached hydrogen (secondary N) is 1. The molecule has 0 spiro atoms. The zero-order valence-electron chi connectivity index (χ0n) is 14.3. The minimum atomic E-state index is 0. The SMILES string of the molecule is Cl.O=C(c1cn(-c2ccccc2)nc1-c1cccs1)N1CCCNCC1. The lowest BCUT2D eigenvalue weighted by Crippen LogP contribution is -2.34. The van der Waals surface area contributed by atoms with Crippen molar-refractivity contribution in [2.75, 3.05) is 26.2 Å². The van der Waals surface area contributed by atoms with E-state index in [2.05, 4.69) is 5.32 Å². The van der Waals surface area contributed by atoms with E-state index in [1.54, 1.807) is 16.0 Å². The van der Waals surface area contributed by atoms with Gasteiger partial charge >= 0.3 is 0 Å². The molecule has 1 N–H and O–H groups in total. The monoisotopic (exact) mass is 388 g/mol. The molecule has 1 aliphatic heterocycles. The van der Waals surface area contributed by atoms with Crippen LogP contribution in [0, 0.1) is 0 Å². The summed E-state index contributed by atoms with van der Waals surface area (Å²) in [6.45, 7) is 3.32. The molecule has 4 rings (SSSR count). The molecule has 0 radical (unpaired) electrons. The molecule has 0 unspecified atom stereocenters. The Hall–Kier alpha value is -2.15. The molecule has 1 aliphatic rings. The van der Waals surface area contributed by atoms with Crippen molar-refractivity contribution in [2.45, 2.75) is 6.42 Å². The van der Waals surface area contributed by atoms with Crippen molar-refractivity contribution in [3.8, 4) is 16.3 Å². The number of aromatic nitrogens is 2. The molecule has 0 aliphatic carbocycles. The van der Waals surface area contributed by atoms with Gasteiger partial charge in [-0.2, -0.15) is 5.10 Å². The molecule has 2 aromatic heterocycles. The van der Waals surface area contributed by atoms with Crippen LogP contribution in [0.25, 0.3) is 16.3 Å². The number of thiophene rings is 1. The predicted molar refractivity (Wildman–Crippen MR) is 108 cm³/mol. The van der Waals surface area contributed by atoms with E-state index in [0.717, 1.165) is 48.9 Å². The van der Waals surface area contributed by atoms with Crippen LogP contribution in [0.15, 0.2) is 54.0 Å². The molecule has 0 saturated carbocycles. The summed E-state index contributed by atoms with van der Waals surface area (Å²) in [7, 11) is 0. The Morgan fingerprint density at radius 1 is 1.08 bits per heavy atom. The van der Waals surface area contributed by atoms with E-state index >= 15 is 0 Å². The first-order valence-electron chi connectivity index (χ1n) is 8.52. The summed E-state index contributed by atoms with van der Waals surface area (Å²) in [6.07, 6.45) is 2.85. The second kappa shape index (κ2) is 8.49. The third-order valence-electron chi connectivity index (χ3n) is 4.35. The fraction of sp³-hybridized carbons (Fsp3) is 0.263. The minimum absolute atomic E-state index is 0. The van der Waals surface area contributed by atoms with E-state index in [0.29, 0.717) is 5.56 Å². The van der Waals surface area contributed by atoms with Gasteiger partial charge < -0.3 is 10.2 Å². The number of carbonyl (C=O) groups excluding carboxylic acids is 1. The molecule has 0 atom stereocenters. The summed E-state index contributed by atoms with van der Waals surface area (Å²) in [6, 6.07) is 13.9. The van der Waals surface area contributed by atoms with Gasteiger partial charge in [0.1, 0.15) is 5.69 Å². The lowest BCUT2D eigenvalue weighted by molar-refractivity contribution is 0.0767. The van der Waals surface area contributed by atoms with Crippen molar-refractivity contribution in [3.63, 3.8) is 0 Å². The van der Waals surface area contributed by atoms with Crippen LogP contribution in [0.1, 0.15) is 16.8 Å². The van der Waals surface area contributed by atoms with Crippen LogP contribution < -0.4 is 5.32 Å². The first kappa shape index (κ1) is 18.6. The summed E-state index contributed by atoms with van der Waals surface area (Å²) in [5, 5.41) is 10.1. The van der Waals surface area contributed by atoms with Crippen LogP contribution >= 0.6 is 23.7 Å². The fourth-order valence-corrected chi connectivity index (χ4v) is 3.78. The van der Waals surface area contributed by atoms with Crippen LogP contribution in [-0.2, 0) is 0 Å². The zero-order chi connectivity index (χ0) is 17.1. The van der Waals surface area contributed by atoms with Crippen molar-refractivity contribution in [3.05, 3.63) is 59.6 Å². The fourth-order valence-electron chi connectivity index (χ4n) is 3.06. The Bertz CT molecular complexity index is 840. The van der Waals surface area contributed by atoms with Crippen molar-refractivity contribution < 1.29 is 4.79 Å². The van der Waals surface area contributed by atoms with Gasteiger partial charge in [0.05, 0.1) is 16.1 Å². The maximum atomic E-state index is 13.2. The summed E-state index contributed by atoms with van der Waals surface area (Å²) < 4.78 is 1.80. The normalized spacial score (nSPS) is 14.5. The van der Waals surface area contributed by atoms with Crippen LogP contribution in [0.2, 0.25) is 0 Å². The molecule has 3 heterocycles. The second-order valence-electron chi connectivity index (χ2n) is 6.04. The molecular weight excluding hydrogens is 368 g/mol. The summed E-state index contributed by atoms with van der Waals surface area (Å²) in [4.78, 5) is 16.1. The maximum absolute atomic E-state index is 13.2. The number of benzene rings is 1. The number of carbonyl (C=O) groups is 1. The second-order valence-corrected chi connectivity index (χ2v) is 6.99. The van der Waals surface area contributed by atoms with Gasteiger partial charge in [0, 0.05) is 25.8 Å². The van der Waals surface area contributed by atoms with Gasteiger partial charge in [0.25, 0.3) is 5.91 Å². The Kier molecular flexibility index (Phi) is 6.08. The van der Waals surface area contributed by atoms with E-state index in [4.69, 9.17) is 5.10 Å². The van der Waals surface area contributed by atoms with Crippen molar-refractivity contribution >= 4 is 29.7 Å². The Morgan fingerprint density at radius 2 is 1.92 bits per heavy atom. The summed E-state index contributed by atoms with van der Waals surface area (Å²) in [5.41, 5.74) is 2.39. The zero-order valence-corrected chi connectivity index (χ0v) is 15.9. The largest absolute Gasteiger partial charge is 0.337 e. The molecule has 0 bridgehead atoms. The number of hydrogen-bond acceptors (Lipinski definition) is 4. The highest BCUT2D eigenvalue weighted by Crippen LogP contribution is 2.28. The average Bonchev–Trinajstić information content (AvgIpc) is 3.25. The van der Waals surface area contributed by atoms with Gasteiger partial charge in [0.2, 0.25) is 0 Å². The lowest BCUT2D eigenvalue weighted by Gasteiger charge is -2.19.